The Morgan fingerprint density at radius 1 is 1.27 bits per heavy atom. The standard InChI is InChI=1S/C19H23N3O4/c1-11(23)21-17(9-13-10-20-16-5-3-2-4-15(13)16)18(24)22-14-7-6-12(8-14)19(25)26/h2-5,10,12,14,17,20H,6-9H2,1H3,(H,21,23)(H,22,24)(H,25,26)/t12-,14+,17?/m0/s1. The molecule has 1 unspecified atom stereocenters. The van der Waals surface area contributed by atoms with Crippen molar-refractivity contribution in [2.24, 2.45) is 5.92 Å². The first-order valence-corrected chi connectivity index (χ1v) is 8.79. The summed E-state index contributed by atoms with van der Waals surface area (Å²) in [5, 5.41) is 15.7. The second kappa shape index (κ2) is 7.59. The van der Waals surface area contributed by atoms with Gasteiger partial charge in [-0.2, -0.15) is 0 Å². The van der Waals surface area contributed by atoms with Crippen molar-refractivity contribution in [3.05, 3.63) is 36.0 Å². The van der Waals surface area contributed by atoms with Crippen LogP contribution in [0.15, 0.2) is 30.5 Å². The van der Waals surface area contributed by atoms with Crippen LogP contribution in [-0.4, -0.2) is 40.0 Å². The maximum absolute atomic E-state index is 12.7. The zero-order valence-electron chi connectivity index (χ0n) is 14.6. The van der Waals surface area contributed by atoms with E-state index in [0.29, 0.717) is 25.7 Å². The number of carbonyl (C=O) groups excluding carboxylic acids is 2. The van der Waals surface area contributed by atoms with E-state index in [1.807, 2.05) is 30.5 Å². The van der Waals surface area contributed by atoms with E-state index in [4.69, 9.17) is 5.11 Å². The number of aliphatic carboxylic acids is 1. The molecule has 7 nitrogen and oxygen atoms in total. The van der Waals surface area contributed by atoms with Crippen molar-refractivity contribution in [3.8, 4) is 0 Å². The van der Waals surface area contributed by atoms with Crippen molar-refractivity contribution in [1.82, 2.24) is 15.6 Å². The van der Waals surface area contributed by atoms with Gasteiger partial charge in [-0.05, 0) is 30.9 Å². The fraction of sp³-hybridized carbons (Fsp3) is 0.421. The first-order chi connectivity index (χ1) is 12.4. The zero-order chi connectivity index (χ0) is 18.7. The predicted octanol–water partition coefficient (Wildman–Crippen LogP) is 1.58. The number of carbonyl (C=O) groups is 3. The number of H-pyrrole nitrogens is 1. The van der Waals surface area contributed by atoms with Gasteiger partial charge in [0.1, 0.15) is 6.04 Å². The van der Waals surface area contributed by atoms with E-state index in [9.17, 15) is 14.4 Å². The molecule has 0 spiro atoms. The Bertz CT molecular complexity index is 829. The Balaban J connectivity index is 1.70. The number of rotatable bonds is 6. The molecule has 0 aliphatic heterocycles. The molecule has 2 aromatic rings. The van der Waals surface area contributed by atoms with E-state index < -0.39 is 17.9 Å². The summed E-state index contributed by atoms with van der Waals surface area (Å²) in [5.74, 6) is -1.78. The van der Waals surface area contributed by atoms with Gasteiger partial charge in [0, 0.05) is 36.5 Å². The number of para-hydroxylation sites is 1. The largest absolute Gasteiger partial charge is 0.481 e. The smallest absolute Gasteiger partial charge is 0.306 e. The summed E-state index contributed by atoms with van der Waals surface area (Å²) in [6.45, 7) is 1.38. The minimum absolute atomic E-state index is 0.164. The molecule has 1 saturated carbocycles. The van der Waals surface area contributed by atoms with Crippen LogP contribution in [0.1, 0.15) is 31.7 Å². The molecule has 4 N–H and O–H groups in total. The minimum Gasteiger partial charge on any atom is -0.481 e. The summed E-state index contributed by atoms with van der Waals surface area (Å²) in [7, 11) is 0. The SMILES string of the molecule is CC(=O)NC(Cc1c[nH]c2ccccc12)C(=O)N[C@@H]1CC[C@H](C(=O)O)C1. The lowest BCUT2D eigenvalue weighted by atomic mass is 10.0. The van der Waals surface area contributed by atoms with Crippen LogP contribution in [-0.2, 0) is 20.8 Å². The third-order valence-corrected chi connectivity index (χ3v) is 4.92. The van der Waals surface area contributed by atoms with Gasteiger partial charge in [-0.1, -0.05) is 18.2 Å². The van der Waals surface area contributed by atoms with Crippen molar-refractivity contribution in [1.29, 1.82) is 0 Å². The molecule has 1 aromatic carbocycles. The average Bonchev–Trinajstić information content (AvgIpc) is 3.21. The second-order valence-corrected chi connectivity index (χ2v) is 6.87. The molecule has 0 radical (unpaired) electrons. The first kappa shape index (κ1) is 18.0. The van der Waals surface area contributed by atoms with E-state index in [1.54, 1.807) is 0 Å². The number of aromatic nitrogens is 1. The summed E-state index contributed by atoms with van der Waals surface area (Å²) in [6, 6.07) is 6.92. The number of hydrogen-bond donors (Lipinski definition) is 4. The molecule has 1 aliphatic rings. The maximum atomic E-state index is 12.7. The maximum Gasteiger partial charge on any atom is 0.306 e. The molecule has 26 heavy (non-hydrogen) atoms. The summed E-state index contributed by atoms with van der Waals surface area (Å²) in [4.78, 5) is 38.5. The molecule has 7 heteroatoms. The Morgan fingerprint density at radius 2 is 2.04 bits per heavy atom. The number of nitrogens with one attached hydrogen (secondary N) is 3. The van der Waals surface area contributed by atoms with Gasteiger partial charge in [0.25, 0.3) is 0 Å². The highest BCUT2D eigenvalue weighted by Gasteiger charge is 2.32. The third-order valence-electron chi connectivity index (χ3n) is 4.92. The number of fused-ring (bicyclic) bond motifs is 1. The molecule has 3 atom stereocenters. The van der Waals surface area contributed by atoms with Gasteiger partial charge in [-0.3, -0.25) is 14.4 Å². The van der Waals surface area contributed by atoms with Crippen LogP contribution >= 0.6 is 0 Å². The van der Waals surface area contributed by atoms with Crippen LogP contribution in [0.25, 0.3) is 10.9 Å². The molecular weight excluding hydrogens is 334 g/mol. The van der Waals surface area contributed by atoms with E-state index >= 15 is 0 Å². The van der Waals surface area contributed by atoms with Crippen molar-refractivity contribution < 1.29 is 19.5 Å². The summed E-state index contributed by atoms with van der Waals surface area (Å²) in [6.07, 6.45) is 3.85. The molecule has 0 bridgehead atoms. The second-order valence-electron chi connectivity index (χ2n) is 6.87. The third kappa shape index (κ3) is 4.04. The van der Waals surface area contributed by atoms with Gasteiger partial charge >= 0.3 is 5.97 Å². The van der Waals surface area contributed by atoms with E-state index in [-0.39, 0.29) is 17.9 Å². The minimum atomic E-state index is -0.820. The molecule has 3 rings (SSSR count). The average molecular weight is 357 g/mol. The molecule has 1 fully saturated rings. The van der Waals surface area contributed by atoms with Crippen LogP contribution in [0, 0.1) is 5.92 Å². The Kier molecular flexibility index (Phi) is 5.25. The normalized spacial score (nSPS) is 20.7. The quantitative estimate of drug-likeness (QED) is 0.629. The van der Waals surface area contributed by atoms with Crippen molar-refractivity contribution in [2.45, 2.75) is 44.7 Å². The van der Waals surface area contributed by atoms with Crippen molar-refractivity contribution in [3.63, 3.8) is 0 Å². The Labute approximate surface area is 151 Å². The number of carboxylic acid groups (broad SMARTS) is 1. The molecule has 0 saturated heterocycles. The first-order valence-electron chi connectivity index (χ1n) is 8.79. The lowest BCUT2D eigenvalue weighted by Crippen LogP contribution is -2.49. The number of amides is 2. The highest BCUT2D eigenvalue weighted by molar-refractivity contribution is 5.89. The molecule has 2 amide bonds. The summed E-state index contributed by atoms with van der Waals surface area (Å²) >= 11 is 0. The Hall–Kier alpha value is -2.83. The highest BCUT2D eigenvalue weighted by Crippen LogP contribution is 2.26. The lowest BCUT2D eigenvalue weighted by molar-refractivity contribution is -0.141. The number of carboxylic acids is 1. The fourth-order valence-corrected chi connectivity index (χ4v) is 3.61. The van der Waals surface area contributed by atoms with Gasteiger partial charge in [0.15, 0.2) is 0 Å². The molecule has 1 aromatic heterocycles. The summed E-state index contributed by atoms with van der Waals surface area (Å²) < 4.78 is 0. The predicted molar refractivity (Wildman–Crippen MR) is 96.5 cm³/mol. The number of hydrogen-bond acceptors (Lipinski definition) is 3. The van der Waals surface area contributed by atoms with Crippen LogP contribution < -0.4 is 10.6 Å². The highest BCUT2D eigenvalue weighted by atomic mass is 16.4. The summed E-state index contributed by atoms with van der Waals surface area (Å²) in [5.41, 5.74) is 1.92. The number of benzene rings is 1. The Morgan fingerprint density at radius 3 is 2.73 bits per heavy atom. The number of aromatic amines is 1. The molecule has 138 valence electrons. The van der Waals surface area contributed by atoms with Gasteiger partial charge < -0.3 is 20.7 Å². The van der Waals surface area contributed by atoms with E-state index in [1.165, 1.54) is 6.92 Å². The fourth-order valence-electron chi connectivity index (χ4n) is 3.61. The van der Waals surface area contributed by atoms with E-state index in [2.05, 4.69) is 15.6 Å². The van der Waals surface area contributed by atoms with Gasteiger partial charge in [-0.15, -0.1) is 0 Å². The van der Waals surface area contributed by atoms with Crippen LogP contribution in [0.5, 0.6) is 0 Å². The molecule has 1 heterocycles. The van der Waals surface area contributed by atoms with Gasteiger partial charge in [0.05, 0.1) is 5.92 Å². The van der Waals surface area contributed by atoms with Crippen LogP contribution in [0.4, 0.5) is 0 Å². The monoisotopic (exact) mass is 357 g/mol. The van der Waals surface area contributed by atoms with Crippen molar-refractivity contribution >= 4 is 28.7 Å². The van der Waals surface area contributed by atoms with Gasteiger partial charge in [0.2, 0.25) is 11.8 Å². The van der Waals surface area contributed by atoms with Crippen LogP contribution in [0.3, 0.4) is 0 Å². The van der Waals surface area contributed by atoms with Crippen LogP contribution in [0.2, 0.25) is 0 Å². The van der Waals surface area contributed by atoms with Crippen molar-refractivity contribution in [2.75, 3.05) is 0 Å². The zero-order valence-corrected chi connectivity index (χ0v) is 14.6. The van der Waals surface area contributed by atoms with Gasteiger partial charge in [-0.25, -0.2) is 0 Å². The lowest BCUT2D eigenvalue weighted by Gasteiger charge is -2.20. The topological polar surface area (TPSA) is 111 Å². The molecular formula is C19H23N3O4. The van der Waals surface area contributed by atoms with E-state index in [0.717, 1.165) is 16.5 Å². The molecule has 1 aliphatic carbocycles.